The number of nitrogens with zero attached hydrogens (tertiary/aromatic N) is 6. The van der Waals surface area contributed by atoms with Crippen molar-refractivity contribution in [2.24, 2.45) is 4.99 Å². The highest BCUT2D eigenvalue weighted by atomic mass is 35.5. The number of morpholine rings is 1. The zero-order chi connectivity index (χ0) is 27.3. The molecule has 0 saturated carbocycles. The van der Waals surface area contributed by atoms with Crippen molar-refractivity contribution in [3.05, 3.63) is 41.6 Å². The fourth-order valence-electron chi connectivity index (χ4n) is 5.39. The van der Waals surface area contributed by atoms with Crippen LogP contribution in [0.2, 0.25) is 0 Å². The highest BCUT2D eigenvalue weighted by Crippen LogP contribution is 2.37. The molecule has 13 heteroatoms. The van der Waals surface area contributed by atoms with Crippen molar-refractivity contribution >= 4 is 40.9 Å². The van der Waals surface area contributed by atoms with E-state index in [1.807, 2.05) is 22.8 Å². The van der Waals surface area contributed by atoms with Crippen molar-refractivity contribution in [1.82, 2.24) is 24.8 Å². The summed E-state index contributed by atoms with van der Waals surface area (Å²) < 4.78 is 19.3. The zero-order valence-corrected chi connectivity index (χ0v) is 24.1. The Hall–Kier alpha value is -3.45. The average Bonchev–Trinajstić information content (AvgIpc) is 3.51. The van der Waals surface area contributed by atoms with E-state index in [-0.39, 0.29) is 18.3 Å². The number of rotatable bonds is 8. The minimum atomic E-state index is -0.387. The Morgan fingerprint density at radius 3 is 2.66 bits per heavy atom. The SMILES string of the molecule is COc1c(OCCCN2CCOCC2)ccc2c3n(c(=NC(=O)c4ccc(N5CCNCC5)nc4)nc12)CCN3.Cl. The molecule has 5 heterocycles. The van der Waals surface area contributed by atoms with E-state index in [0.717, 1.165) is 89.0 Å². The molecule has 0 radical (unpaired) electrons. The van der Waals surface area contributed by atoms with Gasteiger partial charge >= 0.3 is 0 Å². The number of fused-ring (bicyclic) bond motifs is 3. The Morgan fingerprint density at radius 1 is 1.07 bits per heavy atom. The second-order valence-corrected chi connectivity index (χ2v) is 10.0. The lowest BCUT2D eigenvalue weighted by atomic mass is 10.2. The molecule has 1 amide bonds. The maximum absolute atomic E-state index is 13.2. The van der Waals surface area contributed by atoms with Gasteiger partial charge in [0.05, 0.1) is 32.5 Å². The predicted octanol–water partition coefficient (Wildman–Crippen LogP) is 1.54. The fourth-order valence-corrected chi connectivity index (χ4v) is 5.39. The van der Waals surface area contributed by atoms with E-state index in [0.29, 0.717) is 41.3 Å². The summed E-state index contributed by atoms with van der Waals surface area (Å²) in [6.45, 7) is 10.0. The van der Waals surface area contributed by atoms with Gasteiger partial charge in [0.2, 0.25) is 5.62 Å². The first-order valence-corrected chi connectivity index (χ1v) is 14.0. The summed E-state index contributed by atoms with van der Waals surface area (Å²) in [5.41, 5.74) is 1.35. The van der Waals surface area contributed by atoms with Crippen LogP contribution < -0.4 is 30.6 Å². The van der Waals surface area contributed by atoms with E-state index in [1.54, 1.807) is 19.4 Å². The Morgan fingerprint density at radius 2 is 1.90 bits per heavy atom. The molecule has 2 aromatic heterocycles. The van der Waals surface area contributed by atoms with Crippen molar-refractivity contribution < 1.29 is 19.0 Å². The number of nitrogens with one attached hydrogen (secondary N) is 2. The van der Waals surface area contributed by atoms with Crippen LogP contribution in [0.3, 0.4) is 0 Å². The van der Waals surface area contributed by atoms with Gasteiger partial charge in [-0.1, -0.05) is 0 Å². The minimum Gasteiger partial charge on any atom is -0.491 e. The van der Waals surface area contributed by atoms with Crippen molar-refractivity contribution in [3.63, 3.8) is 0 Å². The van der Waals surface area contributed by atoms with Crippen LogP contribution in [0.1, 0.15) is 16.8 Å². The quantitative estimate of drug-likeness (QED) is 0.377. The summed E-state index contributed by atoms with van der Waals surface area (Å²) in [6, 6.07) is 7.57. The van der Waals surface area contributed by atoms with E-state index in [2.05, 4.69) is 30.4 Å². The van der Waals surface area contributed by atoms with Gasteiger partial charge in [-0.05, 0) is 30.7 Å². The van der Waals surface area contributed by atoms with E-state index >= 15 is 0 Å². The average molecular weight is 585 g/mol. The lowest BCUT2D eigenvalue weighted by molar-refractivity contribution is 0.0357. The number of carbonyl (C=O) groups is 1. The Labute approximate surface area is 245 Å². The molecule has 12 nitrogen and oxygen atoms in total. The summed E-state index contributed by atoms with van der Waals surface area (Å²) in [5.74, 6) is 2.50. The Bertz CT molecular complexity index is 1420. The van der Waals surface area contributed by atoms with Gasteiger partial charge in [-0.3, -0.25) is 14.3 Å². The molecule has 3 aliphatic rings. The molecule has 0 unspecified atom stereocenters. The number of anilines is 2. The first-order valence-electron chi connectivity index (χ1n) is 14.0. The number of hydrogen-bond donors (Lipinski definition) is 2. The molecular weight excluding hydrogens is 548 g/mol. The molecule has 2 N–H and O–H groups in total. The number of benzene rings is 1. The number of ether oxygens (including phenoxy) is 3. The molecule has 0 atom stereocenters. The van der Waals surface area contributed by atoms with Crippen molar-refractivity contribution in [3.8, 4) is 11.5 Å². The molecule has 3 aliphatic heterocycles. The first-order chi connectivity index (χ1) is 19.7. The van der Waals surface area contributed by atoms with E-state index in [9.17, 15) is 4.79 Å². The van der Waals surface area contributed by atoms with Gasteiger partial charge in [0.1, 0.15) is 17.2 Å². The molecular formula is C28H37ClN8O4. The van der Waals surface area contributed by atoms with Crippen LogP contribution in [-0.4, -0.2) is 105 Å². The molecule has 1 aromatic carbocycles. The maximum Gasteiger partial charge on any atom is 0.281 e. The number of hydrogen-bond acceptors (Lipinski definition) is 10. The highest BCUT2D eigenvalue weighted by molar-refractivity contribution is 5.96. The van der Waals surface area contributed by atoms with Crippen LogP contribution in [0.4, 0.5) is 11.6 Å². The number of carbonyl (C=O) groups excluding carboxylic acids is 1. The largest absolute Gasteiger partial charge is 0.491 e. The summed E-state index contributed by atoms with van der Waals surface area (Å²) in [4.78, 5) is 31.5. The third-order valence-electron chi connectivity index (χ3n) is 7.52. The standard InChI is InChI=1S/C28H36N8O4.ClH/c1-38-25-22(40-16-2-10-34-14-17-39-18-15-34)5-4-21-24(25)32-28(36-13-9-30-26(21)36)33-27(37)20-3-6-23(31-19-20)35-11-7-29-8-12-35;/h3-6,19,29-30H,2,7-18H2,1H3;1H. The summed E-state index contributed by atoms with van der Waals surface area (Å²) >= 11 is 0. The van der Waals surface area contributed by atoms with Gasteiger partial charge in [0.25, 0.3) is 5.91 Å². The molecule has 6 rings (SSSR count). The molecule has 3 aromatic rings. The number of amides is 1. The minimum absolute atomic E-state index is 0. The lowest BCUT2D eigenvalue weighted by Crippen LogP contribution is -2.43. The lowest BCUT2D eigenvalue weighted by Gasteiger charge is -2.28. The van der Waals surface area contributed by atoms with E-state index < -0.39 is 0 Å². The molecule has 0 spiro atoms. The smallest absolute Gasteiger partial charge is 0.281 e. The molecule has 0 aliphatic carbocycles. The third kappa shape index (κ3) is 6.40. The van der Waals surface area contributed by atoms with Gasteiger partial charge in [-0.2, -0.15) is 4.99 Å². The predicted molar refractivity (Wildman–Crippen MR) is 159 cm³/mol. The second-order valence-electron chi connectivity index (χ2n) is 10.0. The summed E-state index contributed by atoms with van der Waals surface area (Å²) in [7, 11) is 1.61. The highest BCUT2D eigenvalue weighted by Gasteiger charge is 2.21. The number of aromatic nitrogens is 3. The van der Waals surface area contributed by atoms with Crippen LogP contribution in [0.5, 0.6) is 11.5 Å². The summed E-state index contributed by atoms with van der Waals surface area (Å²) in [6.07, 6.45) is 2.49. The number of methoxy groups -OCH3 is 1. The number of piperazine rings is 1. The van der Waals surface area contributed by atoms with Crippen molar-refractivity contribution in [2.75, 3.05) is 89.5 Å². The molecule has 0 bridgehead atoms. The molecule has 2 fully saturated rings. The van der Waals surface area contributed by atoms with Gasteiger partial charge in [0, 0.05) is 70.5 Å². The van der Waals surface area contributed by atoms with Crippen LogP contribution >= 0.6 is 12.4 Å². The van der Waals surface area contributed by atoms with Gasteiger partial charge in [-0.15, -0.1) is 12.4 Å². The Balaban J connectivity index is 0.00000337. The summed E-state index contributed by atoms with van der Waals surface area (Å²) in [5, 5.41) is 7.64. The van der Waals surface area contributed by atoms with Gasteiger partial charge < -0.3 is 29.7 Å². The van der Waals surface area contributed by atoms with Crippen LogP contribution in [0.15, 0.2) is 35.5 Å². The second kappa shape index (κ2) is 13.5. The van der Waals surface area contributed by atoms with Crippen molar-refractivity contribution in [1.29, 1.82) is 0 Å². The van der Waals surface area contributed by atoms with Gasteiger partial charge in [-0.25, -0.2) is 9.97 Å². The van der Waals surface area contributed by atoms with E-state index in [1.165, 1.54) is 0 Å². The molecule has 220 valence electrons. The van der Waals surface area contributed by atoms with Crippen molar-refractivity contribution in [2.45, 2.75) is 13.0 Å². The first kappa shape index (κ1) is 29.1. The molecule has 2 saturated heterocycles. The number of pyridine rings is 1. The third-order valence-corrected chi connectivity index (χ3v) is 7.52. The normalized spacial score (nSPS) is 17.6. The maximum atomic E-state index is 13.2. The monoisotopic (exact) mass is 584 g/mol. The van der Waals surface area contributed by atoms with E-state index in [4.69, 9.17) is 19.2 Å². The number of halogens is 1. The van der Waals surface area contributed by atoms with Crippen LogP contribution in [0.25, 0.3) is 10.9 Å². The zero-order valence-electron chi connectivity index (χ0n) is 23.3. The fraction of sp³-hybridized carbons (Fsp3) is 0.500. The topological polar surface area (TPSA) is 118 Å². The molecule has 41 heavy (non-hydrogen) atoms. The van der Waals surface area contributed by atoms with Crippen LogP contribution in [0, 0.1) is 0 Å². The van der Waals surface area contributed by atoms with Crippen LogP contribution in [-0.2, 0) is 11.3 Å². The van der Waals surface area contributed by atoms with Gasteiger partial charge in [0.15, 0.2) is 11.5 Å². The Kier molecular flexibility index (Phi) is 9.55.